The molecule has 2 heteroatoms. The van der Waals surface area contributed by atoms with Gasteiger partial charge in [-0.15, -0.1) is 0 Å². The molecule has 0 N–H and O–H groups in total. The van der Waals surface area contributed by atoms with E-state index in [0.717, 1.165) is 30.1 Å². The summed E-state index contributed by atoms with van der Waals surface area (Å²) in [4.78, 5) is 0. The van der Waals surface area contributed by atoms with E-state index in [4.69, 9.17) is 4.43 Å². The first-order chi connectivity index (χ1) is 14.4. The third kappa shape index (κ3) is 5.26. The summed E-state index contributed by atoms with van der Waals surface area (Å²) in [5.74, 6) is 3.51. The average Bonchev–Trinajstić information content (AvgIpc) is 3.04. The lowest BCUT2D eigenvalue weighted by Crippen LogP contribution is -2.44. The van der Waals surface area contributed by atoms with Gasteiger partial charge < -0.3 is 4.43 Å². The highest BCUT2D eigenvalue weighted by atomic mass is 28.4. The molecular weight excluding hydrogens is 392 g/mol. The molecule has 0 bridgehead atoms. The third-order valence-corrected chi connectivity index (χ3v) is 14.8. The number of allylic oxidation sites excluding steroid dienone is 3. The van der Waals surface area contributed by atoms with E-state index in [1.165, 1.54) is 51.4 Å². The van der Waals surface area contributed by atoms with E-state index in [0.29, 0.717) is 16.6 Å². The molecule has 1 unspecified atom stereocenters. The molecule has 0 spiro atoms. The average molecular weight is 445 g/mol. The van der Waals surface area contributed by atoms with Gasteiger partial charge >= 0.3 is 0 Å². The molecular formula is C29H52OSi. The second-order valence-electron chi connectivity index (χ2n) is 13.1. The molecule has 2 saturated carbocycles. The highest BCUT2D eigenvalue weighted by molar-refractivity contribution is 6.74. The van der Waals surface area contributed by atoms with E-state index in [9.17, 15) is 0 Å². The Balaban J connectivity index is 1.69. The Hall–Kier alpha value is -0.343. The summed E-state index contributed by atoms with van der Waals surface area (Å²) in [6.07, 6.45) is 17.7. The van der Waals surface area contributed by atoms with Crippen LogP contribution in [-0.4, -0.2) is 14.4 Å². The summed E-state index contributed by atoms with van der Waals surface area (Å²) in [5.41, 5.74) is 3.76. The minimum Gasteiger partial charge on any atom is -0.414 e. The van der Waals surface area contributed by atoms with E-state index >= 15 is 0 Å². The molecule has 0 saturated heterocycles. The van der Waals surface area contributed by atoms with Gasteiger partial charge in [0.1, 0.15) is 0 Å². The largest absolute Gasteiger partial charge is 0.414 e. The molecule has 0 aliphatic heterocycles. The molecule has 0 amide bonds. The first-order valence-electron chi connectivity index (χ1n) is 13.4. The van der Waals surface area contributed by atoms with Crippen LogP contribution in [-0.2, 0) is 4.43 Å². The van der Waals surface area contributed by atoms with Gasteiger partial charge in [-0.3, -0.25) is 0 Å². The van der Waals surface area contributed by atoms with Crippen LogP contribution < -0.4 is 0 Å². The third-order valence-electron chi connectivity index (χ3n) is 10.2. The molecule has 31 heavy (non-hydrogen) atoms. The SMILES string of the molecule is CC[C@H](C)[C@H]1CC[C@H]2C(/C=C/C3=C(C)CC[C@H](O[Si](C)(C)C(C)(C)C)C3)CCC[C@]12C. The van der Waals surface area contributed by atoms with Gasteiger partial charge in [-0.2, -0.15) is 0 Å². The summed E-state index contributed by atoms with van der Waals surface area (Å²) in [7, 11) is -1.70. The van der Waals surface area contributed by atoms with Crippen LogP contribution in [0.3, 0.4) is 0 Å². The van der Waals surface area contributed by atoms with E-state index in [2.05, 4.69) is 73.7 Å². The Kier molecular flexibility index (Phi) is 7.74. The topological polar surface area (TPSA) is 9.23 Å². The lowest BCUT2D eigenvalue weighted by atomic mass is 9.59. The fourth-order valence-electron chi connectivity index (χ4n) is 6.94. The molecule has 1 nitrogen and oxygen atoms in total. The predicted octanol–water partition coefficient (Wildman–Crippen LogP) is 9.31. The fraction of sp³-hybridized carbons (Fsp3) is 0.862. The van der Waals surface area contributed by atoms with Crippen LogP contribution in [0.4, 0.5) is 0 Å². The number of rotatable bonds is 6. The van der Waals surface area contributed by atoms with Crippen molar-refractivity contribution in [2.24, 2.45) is 29.1 Å². The maximum absolute atomic E-state index is 6.82. The first kappa shape index (κ1) is 25.3. The molecule has 178 valence electrons. The van der Waals surface area contributed by atoms with Crippen LogP contribution in [0.5, 0.6) is 0 Å². The second-order valence-corrected chi connectivity index (χ2v) is 17.9. The number of hydrogen-bond acceptors (Lipinski definition) is 1. The van der Waals surface area contributed by atoms with Gasteiger partial charge in [0.15, 0.2) is 8.32 Å². The molecule has 3 aliphatic rings. The molecule has 3 rings (SSSR count). The van der Waals surface area contributed by atoms with Crippen molar-refractivity contribution in [1.82, 2.24) is 0 Å². The van der Waals surface area contributed by atoms with Crippen LogP contribution in [0.25, 0.3) is 0 Å². The van der Waals surface area contributed by atoms with E-state index < -0.39 is 8.32 Å². The Bertz CT molecular complexity index is 681. The minimum absolute atomic E-state index is 0.292. The smallest absolute Gasteiger partial charge is 0.192 e. The molecule has 2 fully saturated rings. The summed E-state index contributed by atoms with van der Waals surface area (Å²) in [5, 5.41) is 0.292. The van der Waals surface area contributed by atoms with Crippen molar-refractivity contribution in [3.05, 3.63) is 23.3 Å². The van der Waals surface area contributed by atoms with Gasteiger partial charge in [-0.1, -0.05) is 72.1 Å². The van der Waals surface area contributed by atoms with Crippen molar-refractivity contribution in [1.29, 1.82) is 0 Å². The Morgan fingerprint density at radius 3 is 2.52 bits per heavy atom. The van der Waals surface area contributed by atoms with Crippen LogP contribution >= 0.6 is 0 Å². The Morgan fingerprint density at radius 2 is 1.87 bits per heavy atom. The normalized spacial score (nSPS) is 36.2. The van der Waals surface area contributed by atoms with Gasteiger partial charge in [0.05, 0.1) is 0 Å². The quantitative estimate of drug-likeness (QED) is 0.371. The number of fused-ring (bicyclic) bond motifs is 1. The highest BCUT2D eigenvalue weighted by Gasteiger charge is 2.51. The predicted molar refractivity (Wildman–Crippen MR) is 139 cm³/mol. The number of hydrogen-bond donors (Lipinski definition) is 0. The van der Waals surface area contributed by atoms with Gasteiger partial charge in [0.25, 0.3) is 0 Å². The standard InChI is InChI=1S/C29H52OSi/c1-10-21(2)26-17-18-27-23(12-11-19-29(26,27)7)14-15-24-20-25(16-13-22(24)3)30-31(8,9)28(4,5)6/h14-15,21,23,25-27H,10-13,16-20H2,1-9H3/b15-14+/t21-,23?,25-,26+,27-,29+/m0/s1. The maximum atomic E-state index is 6.82. The van der Waals surface area contributed by atoms with E-state index in [-0.39, 0.29) is 0 Å². The monoisotopic (exact) mass is 444 g/mol. The van der Waals surface area contributed by atoms with Crippen molar-refractivity contribution in [3.8, 4) is 0 Å². The lowest BCUT2D eigenvalue weighted by Gasteiger charge is -2.46. The van der Waals surface area contributed by atoms with Crippen LogP contribution in [0, 0.1) is 29.1 Å². The molecule has 0 aromatic carbocycles. The van der Waals surface area contributed by atoms with Crippen molar-refractivity contribution >= 4 is 8.32 Å². The van der Waals surface area contributed by atoms with Crippen molar-refractivity contribution < 1.29 is 4.43 Å². The summed E-state index contributed by atoms with van der Waals surface area (Å²) in [6, 6.07) is 0. The van der Waals surface area contributed by atoms with Gasteiger partial charge in [0.2, 0.25) is 0 Å². The molecule has 3 aliphatic carbocycles. The van der Waals surface area contributed by atoms with Crippen LogP contribution in [0.15, 0.2) is 23.3 Å². The molecule has 0 heterocycles. The summed E-state index contributed by atoms with van der Waals surface area (Å²) >= 11 is 0. The zero-order valence-corrected chi connectivity index (χ0v) is 23.3. The summed E-state index contributed by atoms with van der Waals surface area (Å²) < 4.78 is 6.82. The summed E-state index contributed by atoms with van der Waals surface area (Å²) in [6.45, 7) is 21.8. The van der Waals surface area contributed by atoms with Crippen LogP contribution in [0.1, 0.15) is 106 Å². The van der Waals surface area contributed by atoms with E-state index in [1.807, 2.05) is 0 Å². The van der Waals surface area contributed by atoms with Crippen molar-refractivity contribution in [2.45, 2.75) is 130 Å². The molecule has 6 atom stereocenters. The van der Waals surface area contributed by atoms with Gasteiger partial charge in [-0.05, 0) is 105 Å². The van der Waals surface area contributed by atoms with Crippen molar-refractivity contribution in [2.75, 3.05) is 0 Å². The highest BCUT2D eigenvalue weighted by Crippen LogP contribution is 2.60. The maximum Gasteiger partial charge on any atom is 0.192 e. The van der Waals surface area contributed by atoms with Gasteiger partial charge in [0, 0.05) is 6.10 Å². The Morgan fingerprint density at radius 1 is 1.16 bits per heavy atom. The van der Waals surface area contributed by atoms with Crippen LogP contribution in [0.2, 0.25) is 18.1 Å². The Labute approximate surface area is 195 Å². The molecule has 0 aromatic heterocycles. The van der Waals surface area contributed by atoms with Gasteiger partial charge in [-0.25, -0.2) is 0 Å². The lowest BCUT2D eigenvalue weighted by molar-refractivity contribution is 0.0450. The first-order valence-corrected chi connectivity index (χ1v) is 16.3. The molecule has 0 radical (unpaired) electrons. The fourth-order valence-corrected chi connectivity index (χ4v) is 8.33. The minimum atomic E-state index is -1.70. The molecule has 0 aromatic rings. The second kappa shape index (κ2) is 9.49. The van der Waals surface area contributed by atoms with Crippen molar-refractivity contribution in [3.63, 3.8) is 0 Å². The zero-order valence-electron chi connectivity index (χ0n) is 22.3. The van der Waals surface area contributed by atoms with E-state index in [1.54, 1.807) is 11.1 Å². The zero-order chi connectivity index (χ0) is 23.0.